The second-order valence-electron chi connectivity index (χ2n) is 5.05. The van der Waals surface area contributed by atoms with Gasteiger partial charge in [-0.15, -0.1) is 0 Å². The van der Waals surface area contributed by atoms with Crippen molar-refractivity contribution in [2.75, 3.05) is 0 Å². The highest BCUT2D eigenvalue weighted by Gasteiger charge is 2.07. The molecule has 21 heavy (non-hydrogen) atoms. The summed E-state index contributed by atoms with van der Waals surface area (Å²) < 4.78 is 2.18. The lowest BCUT2D eigenvalue weighted by Crippen LogP contribution is -1.90. The Morgan fingerprint density at radius 2 is 1.52 bits per heavy atom. The van der Waals surface area contributed by atoms with Gasteiger partial charge in [0.2, 0.25) is 0 Å². The zero-order chi connectivity index (χ0) is 14.1. The lowest BCUT2D eigenvalue weighted by Gasteiger charge is -2.10. The number of rotatable bonds is 2. The molecule has 3 heterocycles. The molecule has 0 bridgehead atoms. The third kappa shape index (κ3) is 2.11. The second kappa shape index (κ2) is 4.91. The molecule has 0 saturated carbocycles. The van der Waals surface area contributed by atoms with E-state index in [1.54, 1.807) is 0 Å². The van der Waals surface area contributed by atoms with Crippen LogP contribution in [0, 0.1) is 0 Å². The van der Waals surface area contributed by atoms with Gasteiger partial charge < -0.3 is 4.40 Å². The summed E-state index contributed by atoms with van der Waals surface area (Å²) in [5.41, 5.74) is 6.06. The Morgan fingerprint density at radius 1 is 0.714 bits per heavy atom. The molecular weight excluding hydrogens is 256 g/mol. The quantitative estimate of drug-likeness (QED) is 0.517. The van der Waals surface area contributed by atoms with Gasteiger partial charge in [-0.1, -0.05) is 30.3 Å². The fourth-order valence-corrected chi connectivity index (χ4v) is 2.70. The van der Waals surface area contributed by atoms with Crippen LogP contribution in [0.2, 0.25) is 0 Å². The smallest absolute Gasteiger partial charge is 0.0528 e. The molecule has 0 aliphatic carbocycles. The van der Waals surface area contributed by atoms with E-state index in [2.05, 4.69) is 76.4 Å². The fraction of sp³-hybridized carbons (Fsp3) is 0. The number of pyridine rings is 2. The van der Waals surface area contributed by atoms with Crippen molar-refractivity contribution in [3.63, 3.8) is 0 Å². The third-order valence-corrected chi connectivity index (χ3v) is 3.73. The Bertz CT molecular complexity index is 877. The Morgan fingerprint density at radius 3 is 2.33 bits per heavy atom. The minimum atomic E-state index is 1.19. The Balaban J connectivity index is 2.00. The SMILES string of the molecule is c1ccc(-c2cc(-c3ccncc3)c3cccn3c2)cc1. The van der Waals surface area contributed by atoms with Crippen molar-refractivity contribution in [1.82, 2.24) is 9.38 Å². The van der Waals surface area contributed by atoms with Crippen molar-refractivity contribution in [3.8, 4) is 22.3 Å². The van der Waals surface area contributed by atoms with E-state index in [1.807, 2.05) is 18.5 Å². The average molecular weight is 270 g/mol. The van der Waals surface area contributed by atoms with Gasteiger partial charge in [0, 0.05) is 30.4 Å². The van der Waals surface area contributed by atoms with Gasteiger partial charge in [-0.25, -0.2) is 0 Å². The average Bonchev–Trinajstić information content (AvgIpc) is 3.04. The second-order valence-corrected chi connectivity index (χ2v) is 5.05. The first-order valence-corrected chi connectivity index (χ1v) is 6.98. The topological polar surface area (TPSA) is 17.3 Å². The number of nitrogens with zero attached hydrogens (tertiary/aromatic N) is 2. The highest BCUT2D eigenvalue weighted by Crippen LogP contribution is 2.30. The summed E-state index contributed by atoms with van der Waals surface area (Å²) in [6, 6.07) is 21.0. The van der Waals surface area contributed by atoms with Crippen LogP contribution in [0.1, 0.15) is 0 Å². The van der Waals surface area contributed by atoms with Gasteiger partial charge in [0.15, 0.2) is 0 Å². The fourth-order valence-electron chi connectivity index (χ4n) is 2.70. The van der Waals surface area contributed by atoms with E-state index >= 15 is 0 Å². The Labute approximate surface area is 123 Å². The van der Waals surface area contributed by atoms with Crippen LogP contribution >= 0.6 is 0 Å². The molecule has 0 fully saturated rings. The van der Waals surface area contributed by atoms with Crippen molar-refractivity contribution >= 4 is 5.52 Å². The molecule has 0 spiro atoms. The van der Waals surface area contributed by atoms with Crippen LogP contribution in [-0.2, 0) is 0 Å². The summed E-state index contributed by atoms with van der Waals surface area (Å²) in [5, 5.41) is 0. The van der Waals surface area contributed by atoms with Crippen molar-refractivity contribution in [3.05, 3.63) is 85.5 Å². The van der Waals surface area contributed by atoms with E-state index in [4.69, 9.17) is 0 Å². The van der Waals surface area contributed by atoms with Crippen LogP contribution in [0.25, 0.3) is 27.8 Å². The van der Waals surface area contributed by atoms with E-state index in [0.29, 0.717) is 0 Å². The van der Waals surface area contributed by atoms with E-state index < -0.39 is 0 Å². The van der Waals surface area contributed by atoms with E-state index in [0.717, 1.165) is 0 Å². The number of benzene rings is 1. The highest BCUT2D eigenvalue weighted by atomic mass is 14.9. The monoisotopic (exact) mass is 270 g/mol. The number of hydrogen-bond acceptors (Lipinski definition) is 1. The third-order valence-electron chi connectivity index (χ3n) is 3.73. The van der Waals surface area contributed by atoms with Crippen LogP contribution in [0.5, 0.6) is 0 Å². The van der Waals surface area contributed by atoms with Gasteiger partial charge in [-0.05, 0) is 47.0 Å². The van der Waals surface area contributed by atoms with Crippen molar-refractivity contribution in [2.45, 2.75) is 0 Å². The maximum absolute atomic E-state index is 4.11. The molecule has 2 heteroatoms. The molecule has 0 unspecified atom stereocenters. The minimum Gasteiger partial charge on any atom is -0.323 e. The molecule has 0 radical (unpaired) electrons. The minimum absolute atomic E-state index is 1.19. The molecule has 0 saturated heterocycles. The molecule has 1 aromatic carbocycles. The highest BCUT2D eigenvalue weighted by molar-refractivity contribution is 5.84. The summed E-state index contributed by atoms with van der Waals surface area (Å²) in [7, 11) is 0. The first kappa shape index (κ1) is 11.9. The summed E-state index contributed by atoms with van der Waals surface area (Å²) in [6.07, 6.45) is 7.94. The van der Waals surface area contributed by atoms with Crippen molar-refractivity contribution < 1.29 is 0 Å². The molecule has 0 atom stereocenters. The molecule has 100 valence electrons. The number of fused-ring (bicyclic) bond motifs is 1. The lowest BCUT2D eigenvalue weighted by molar-refractivity contribution is 1.20. The summed E-state index contributed by atoms with van der Waals surface area (Å²) in [6.45, 7) is 0. The molecule has 0 N–H and O–H groups in total. The molecule has 3 aromatic heterocycles. The Kier molecular flexibility index (Phi) is 2.79. The van der Waals surface area contributed by atoms with Crippen molar-refractivity contribution in [1.29, 1.82) is 0 Å². The zero-order valence-corrected chi connectivity index (χ0v) is 11.5. The van der Waals surface area contributed by atoms with Crippen LogP contribution in [0.3, 0.4) is 0 Å². The molecular formula is C19H14N2. The largest absolute Gasteiger partial charge is 0.323 e. The van der Waals surface area contributed by atoms with Crippen LogP contribution in [0.4, 0.5) is 0 Å². The van der Waals surface area contributed by atoms with Crippen LogP contribution in [-0.4, -0.2) is 9.38 Å². The van der Waals surface area contributed by atoms with Gasteiger partial charge in [-0.2, -0.15) is 0 Å². The van der Waals surface area contributed by atoms with Gasteiger partial charge in [0.05, 0.1) is 5.52 Å². The first-order chi connectivity index (χ1) is 10.4. The summed E-state index contributed by atoms with van der Waals surface area (Å²) in [4.78, 5) is 4.11. The summed E-state index contributed by atoms with van der Waals surface area (Å²) in [5.74, 6) is 0. The zero-order valence-electron chi connectivity index (χ0n) is 11.5. The maximum Gasteiger partial charge on any atom is 0.0528 e. The standard InChI is InChI=1S/C19H14N2/c1-2-5-15(6-3-1)17-13-18(16-8-10-20-11-9-16)19-7-4-12-21(19)14-17/h1-14H. The molecule has 0 aliphatic rings. The Hall–Kier alpha value is -2.87. The van der Waals surface area contributed by atoms with E-state index in [-0.39, 0.29) is 0 Å². The van der Waals surface area contributed by atoms with Crippen LogP contribution < -0.4 is 0 Å². The van der Waals surface area contributed by atoms with Gasteiger partial charge in [-0.3, -0.25) is 4.98 Å². The molecule has 4 rings (SSSR count). The van der Waals surface area contributed by atoms with E-state index in [9.17, 15) is 0 Å². The van der Waals surface area contributed by atoms with Gasteiger partial charge >= 0.3 is 0 Å². The molecule has 4 aromatic rings. The number of hydrogen-bond donors (Lipinski definition) is 0. The molecule has 0 aliphatic heterocycles. The number of aromatic nitrogens is 2. The molecule has 0 amide bonds. The predicted octanol–water partition coefficient (Wildman–Crippen LogP) is 4.67. The van der Waals surface area contributed by atoms with Crippen molar-refractivity contribution in [2.24, 2.45) is 0 Å². The van der Waals surface area contributed by atoms with Gasteiger partial charge in [0.1, 0.15) is 0 Å². The van der Waals surface area contributed by atoms with Crippen LogP contribution in [0.15, 0.2) is 85.5 Å². The van der Waals surface area contributed by atoms with E-state index in [1.165, 1.54) is 27.8 Å². The maximum atomic E-state index is 4.11. The lowest BCUT2D eigenvalue weighted by atomic mass is 10.0. The van der Waals surface area contributed by atoms with Gasteiger partial charge in [0.25, 0.3) is 0 Å². The first-order valence-electron chi connectivity index (χ1n) is 6.98. The summed E-state index contributed by atoms with van der Waals surface area (Å²) >= 11 is 0. The normalized spacial score (nSPS) is 10.9. The molecule has 2 nitrogen and oxygen atoms in total. The predicted molar refractivity (Wildman–Crippen MR) is 86.1 cm³/mol.